The van der Waals surface area contributed by atoms with Crippen LogP contribution in [-0.2, 0) is 6.42 Å². The SMILES string of the molecule is CCc1ccc(-c2ncc([N+](=O)[O-])s2)cc1. The van der Waals surface area contributed by atoms with Crippen molar-refractivity contribution in [3.63, 3.8) is 0 Å². The van der Waals surface area contributed by atoms with Gasteiger partial charge in [0.25, 0.3) is 0 Å². The molecule has 0 spiro atoms. The second-order valence-electron chi connectivity index (χ2n) is 3.31. The number of aryl methyl sites for hydroxylation is 1. The van der Waals surface area contributed by atoms with Crippen molar-refractivity contribution in [2.45, 2.75) is 13.3 Å². The van der Waals surface area contributed by atoms with E-state index in [0.29, 0.717) is 5.01 Å². The largest absolute Gasteiger partial charge is 0.344 e. The first-order chi connectivity index (χ1) is 7.70. The molecule has 0 radical (unpaired) electrons. The summed E-state index contributed by atoms with van der Waals surface area (Å²) in [6, 6.07) is 7.92. The zero-order chi connectivity index (χ0) is 11.5. The molecule has 0 saturated heterocycles. The average Bonchev–Trinajstić information content (AvgIpc) is 2.78. The van der Waals surface area contributed by atoms with Crippen LogP contribution in [0.3, 0.4) is 0 Å². The predicted octanol–water partition coefficient (Wildman–Crippen LogP) is 3.28. The molecule has 0 atom stereocenters. The summed E-state index contributed by atoms with van der Waals surface area (Å²) >= 11 is 1.10. The van der Waals surface area contributed by atoms with Crippen LogP contribution in [0.25, 0.3) is 10.6 Å². The highest BCUT2D eigenvalue weighted by atomic mass is 32.1. The Bertz CT molecular complexity index is 505. The summed E-state index contributed by atoms with van der Waals surface area (Å²) in [7, 11) is 0. The fraction of sp³-hybridized carbons (Fsp3) is 0.182. The normalized spacial score (nSPS) is 10.3. The molecular weight excluding hydrogens is 224 g/mol. The fourth-order valence-electron chi connectivity index (χ4n) is 1.37. The molecule has 4 nitrogen and oxygen atoms in total. The molecule has 0 amide bonds. The third-order valence-electron chi connectivity index (χ3n) is 2.28. The Morgan fingerprint density at radius 3 is 2.56 bits per heavy atom. The van der Waals surface area contributed by atoms with Gasteiger partial charge in [0.05, 0.1) is 4.92 Å². The van der Waals surface area contributed by atoms with Crippen molar-refractivity contribution in [2.24, 2.45) is 0 Å². The first-order valence-electron chi connectivity index (χ1n) is 4.90. The molecule has 1 aromatic carbocycles. The molecule has 1 heterocycles. The van der Waals surface area contributed by atoms with Crippen molar-refractivity contribution in [3.05, 3.63) is 46.1 Å². The first kappa shape index (κ1) is 10.8. The number of thiazole rings is 1. The number of hydrogen-bond donors (Lipinski definition) is 0. The van der Waals surface area contributed by atoms with Crippen molar-refractivity contribution in [2.75, 3.05) is 0 Å². The van der Waals surface area contributed by atoms with E-state index in [4.69, 9.17) is 0 Å². The van der Waals surface area contributed by atoms with Crippen LogP contribution < -0.4 is 0 Å². The van der Waals surface area contributed by atoms with Gasteiger partial charge in [0.1, 0.15) is 11.2 Å². The molecule has 2 aromatic rings. The summed E-state index contributed by atoms with van der Waals surface area (Å²) in [5.74, 6) is 0. The molecule has 2 rings (SSSR count). The van der Waals surface area contributed by atoms with E-state index >= 15 is 0 Å². The quantitative estimate of drug-likeness (QED) is 0.605. The highest BCUT2D eigenvalue weighted by Gasteiger charge is 2.12. The Morgan fingerprint density at radius 2 is 2.06 bits per heavy atom. The van der Waals surface area contributed by atoms with Crippen molar-refractivity contribution < 1.29 is 4.92 Å². The number of hydrogen-bond acceptors (Lipinski definition) is 4. The van der Waals surface area contributed by atoms with E-state index in [1.807, 2.05) is 24.3 Å². The summed E-state index contributed by atoms with van der Waals surface area (Å²) in [5, 5.41) is 11.3. The minimum Gasteiger partial charge on any atom is -0.257 e. The van der Waals surface area contributed by atoms with Gasteiger partial charge >= 0.3 is 5.00 Å². The highest BCUT2D eigenvalue weighted by molar-refractivity contribution is 7.18. The molecule has 82 valence electrons. The van der Waals surface area contributed by atoms with Gasteiger partial charge in [-0.3, -0.25) is 10.1 Å². The monoisotopic (exact) mass is 234 g/mol. The summed E-state index contributed by atoms with van der Waals surface area (Å²) in [6.45, 7) is 2.09. The molecule has 5 heteroatoms. The number of benzene rings is 1. The second kappa shape index (κ2) is 4.40. The number of nitrogens with zero attached hydrogens (tertiary/aromatic N) is 2. The van der Waals surface area contributed by atoms with Crippen molar-refractivity contribution >= 4 is 16.3 Å². The van der Waals surface area contributed by atoms with Gasteiger partial charge in [-0.1, -0.05) is 31.2 Å². The lowest BCUT2D eigenvalue weighted by Crippen LogP contribution is -1.80. The lowest BCUT2D eigenvalue weighted by Gasteiger charge is -1.97. The highest BCUT2D eigenvalue weighted by Crippen LogP contribution is 2.29. The second-order valence-corrected chi connectivity index (χ2v) is 4.32. The molecule has 0 bridgehead atoms. The summed E-state index contributed by atoms with van der Waals surface area (Å²) in [4.78, 5) is 14.1. The predicted molar refractivity (Wildman–Crippen MR) is 63.6 cm³/mol. The van der Waals surface area contributed by atoms with Crippen molar-refractivity contribution in [1.82, 2.24) is 4.98 Å². The summed E-state index contributed by atoms with van der Waals surface area (Å²) in [5.41, 5.74) is 2.17. The van der Waals surface area contributed by atoms with Gasteiger partial charge in [-0.2, -0.15) is 0 Å². The van der Waals surface area contributed by atoms with E-state index in [1.165, 1.54) is 11.8 Å². The van der Waals surface area contributed by atoms with Crippen LogP contribution in [0, 0.1) is 10.1 Å². The van der Waals surface area contributed by atoms with Gasteiger partial charge < -0.3 is 0 Å². The van der Waals surface area contributed by atoms with E-state index in [-0.39, 0.29) is 5.00 Å². The Balaban J connectivity index is 2.31. The Labute approximate surface area is 96.7 Å². The topological polar surface area (TPSA) is 56.0 Å². The summed E-state index contributed by atoms with van der Waals surface area (Å²) < 4.78 is 0. The van der Waals surface area contributed by atoms with Gasteiger partial charge in [0.2, 0.25) is 0 Å². The molecule has 0 aliphatic heterocycles. The third kappa shape index (κ3) is 2.09. The van der Waals surface area contributed by atoms with Crippen molar-refractivity contribution in [3.8, 4) is 10.6 Å². The molecule has 1 aromatic heterocycles. The maximum Gasteiger partial charge on any atom is 0.344 e. The third-order valence-corrected chi connectivity index (χ3v) is 3.28. The Kier molecular flexibility index (Phi) is 2.96. The first-order valence-corrected chi connectivity index (χ1v) is 5.72. The number of aromatic nitrogens is 1. The fourth-order valence-corrected chi connectivity index (χ4v) is 2.10. The van der Waals surface area contributed by atoms with Gasteiger partial charge in [-0.15, -0.1) is 0 Å². The molecule has 0 aliphatic carbocycles. The molecule has 0 aliphatic rings. The molecule has 0 fully saturated rings. The zero-order valence-electron chi connectivity index (χ0n) is 8.71. The lowest BCUT2D eigenvalue weighted by molar-refractivity contribution is -0.380. The van der Waals surface area contributed by atoms with Gasteiger partial charge in [0.15, 0.2) is 0 Å². The van der Waals surface area contributed by atoms with Crippen LogP contribution in [0.1, 0.15) is 12.5 Å². The van der Waals surface area contributed by atoms with Gasteiger partial charge in [0, 0.05) is 5.56 Å². The smallest absolute Gasteiger partial charge is 0.257 e. The zero-order valence-corrected chi connectivity index (χ0v) is 9.53. The van der Waals surface area contributed by atoms with E-state index in [0.717, 1.165) is 23.3 Å². The summed E-state index contributed by atoms with van der Waals surface area (Å²) in [6.07, 6.45) is 2.28. The minimum atomic E-state index is -0.415. The maximum atomic E-state index is 10.5. The molecule has 0 saturated carbocycles. The van der Waals surface area contributed by atoms with Crippen LogP contribution in [0.2, 0.25) is 0 Å². The minimum absolute atomic E-state index is 0.0783. The van der Waals surface area contributed by atoms with Crippen LogP contribution in [0.5, 0.6) is 0 Å². The van der Waals surface area contributed by atoms with E-state index < -0.39 is 4.92 Å². The average molecular weight is 234 g/mol. The molecule has 0 unspecified atom stereocenters. The number of nitro groups is 1. The van der Waals surface area contributed by atoms with Gasteiger partial charge in [-0.25, -0.2) is 4.98 Å². The van der Waals surface area contributed by atoms with Crippen LogP contribution in [0.4, 0.5) is 5.00 Å². The van der Waals surface area contributed by atoms with E-state index in [9.17, 15) is 10.1 Å². The molecular formula is C11H10N2O2S. The van der Waals surface area contributed by atoms with E-state index in [2.05, 4.69) is 11.9 Å². The van der Waals surface area contributed by atoms with Gasteiger partial charge in [-0.05, 0) is 23.3 Å². The molecule has 16 heavy (non-hydrogen) atoms. The van der Waals surface area contributed by atoms with Crippen LogP contribution in [0.15, 0.2) is 30.5 Å². The standard InChI is InChI=1S/C11H10N2O2S/c1-2-8-3-5-9(6-4-8)11-12-7-10(16-11)13(14)15/h3-7H,2H2,1H3. The van der Waals surface area contributed by atoms with Crippen molar-refractivity contribution in [1.29, 1.82) is 0 Å². The Morgan fingerprint density at radius 1 is 1.38 bits per heavy atom. The maximum absolute atomic E-state index is 10.5. The number of rotatable bonds is 3. The Hall–Kier alpha value is -1.75. The van der Waals surface area contributed by atoms with E-state index in [1.54, 1.807) is 0 Å². The van der Waals surface area contributed by atoms with Crippen LogP contribution in [-0.4, -0.2) is 9.91 Å². The molecule has 0 N–H and O–H groups in total. The van der Waals surface area contributed by atoms with Crippen LogP contribution >= 0.6 is 11.3 Å². The lowest BCUT2D eigenvalue weighted by atomic mass is 10.1.